The molecule has 0 spiro atoms. The summed E-state index contributed by atoms with van der Waals surface area (Å²) >= 11 is 0. The van der Waals surface area contributed by atoms with Gasteiger partial charge in [0.05, 0.1) is 0 Å². The summed E-state index contributed by atoms with van der Waals surface area (Å²) in [4.78, 5) is 0. The fourth-order valence-corrected chi connectivity index (χ4v) is 1.59. The normalized spacial score (nSPS) is 15.3. The fourth-order valence-electron chi connectivity index (χ4n) is 1.59. The maximum Gasteiger partial charge on any atom is 0.0349 e. The van der Waals surface area contributed by atoms with E-state index in [4.69, 9.17) is 5.73 Å². The molecule has 1 heteroatoms. The molecule has 0 aromatic heterocycles. The lowest BCUT2D eigenvalue weighted by molar-refractivity contribution is 0.474. The van der Waals surface area contributed by atoms with Gasteiger partial charge in [-0.05, 0) is 23.5 Å². The minimum atomic E-state index is 0.561. The molecular weight excluding hydrogens is 158 g/mol. The van der Waals surface area contributed by atoms with Crippen molar-refractivity contribution in [1.82, 2.24) is 0 Å². The first kappa shape index (κ1) is 10.1. The lowest BCUT2D eigenvalue weighted by Crippen LogP contribution is -2.07. The van der Waals surface area contributed by atoms with Crippen LogP contribution in [0.15, 0.2) is 24.3 Å². The zero-order chi connectivity index (χ0) is 9.84. The maximum absolute atomic E-state index is 5.91. The highest BCUT2D eigenvalue weighted by molar-refractivity contribution is 5.48. The standard InChI is InChI=1S/C12H19N/c1-4-9(2)10(3)11-7-5-6-8-12(11)13/h5-10H,4,13H2,1-3H3. The maximum atomic E-state index is 5.91. The minimum absolute atomic E-state index is 0.561. The Morgan fingerprint density at radius 2 is 1.85 bits per heavy atom. The van der Waals surface area contributed by atoms with Gasteiger partial charge in [-0.25, -0.2) is 0 Å². The van der Waals surface area contributed by atoms with Crippen molar-refractivity contribution in [3.05, 3.63) is 29.8 Å². The average molecular weight is 177 g/mol. The smallest absolute Gasteiger partial charge is 0.0349 e. The highest BCUT2D eigenvalue weighted by Gasteiger charge is 2.13. The van der Waals surface area contributed by atoms with Crippen LogP contribution in [0.1, 0.15) is 38.7 Å². The number of anilines is 1. The summed E-state index contributed by atoms with van der Waals surface area (Å²) in [5.41, 5.74) is 8.13. The van der Waals surface area contributed by atoms with E-state index in [0.29, 0.717) is 11.8 Å². The van der Waals surface area contributed by atoms with Crippen LogP contribution < -0.4 is 5.73 Å². The van der Waals surface area contributed by atoms with E-state index < -0.39 is 0 Å². The zero-order valence-corrected chi connectivity index (χ0v) is 8.75. The molecule has 1 nitrogen and oxygen atoms in total. The van der Waals surface area contributed by atoms with Crippen LogP contribution in [-0.4, -0.2) is 0 Å². The van der Waals surface area contributed by atoms with Gasteiger partial charge >= 0.3 is 0 Å². The van der Waals surface area contributed by atoms with Gasteiger partial charge in [-0.3, -0.25) is 0 Å². The molecule has 0 aliphatic heterocycles. The monoisotopic (exact) mass is 177 g/mol. The molecule has 1 aromatic rings. The number of benzene rings is 1. The van der Waals surface area contributed by atoms with E-state index in [-0.39, 0.29) is 0 Å². The lowest BCUT2D eigenvalue weighted by Gasteiger charge is -2.20. The summed E-state index contributed by atoms with van der Waals surface area (Å²) in [5.74, 6) is 1.26. The molecule has 2 atom stereocenters. The van der Waals surface area contributed by atoms with Crippen LogP contribution in [0.3, 0.4) is 0 Å². The summed E-state index contributed by atoms with van der Waals surface area (Å²) in [5, 5.41) is 0. The Hall–Kier alpha value is -0.980. The van der Waals surface area contributed by atoms with Crippen LogP contribution >= 0.6 is 0 Å². The van der Waals surface area contributed by atoms with Gasteiger partial charge in [-0.1, -0.05) is 45.4 Å². The molecule has 72 valence electrons. The molecule has 0 aliphatic carbocycles. The second kappa shape index (κ2) is 4.31. The Morgan fingerprint density at radius 1 is 1.23 bits per heavy atom. The first-order valence-electron chi connectivity index (χ1n) is 5.01. The van der Waals surface area contributed by atoms with E-state index in [1.807, 2.05) is 12.1 Å². The lowest BCUT2D eigenvalue weighted by atomic mass is 9.86. The zero-order valence-electron chi connectivity index (χ0n) is 8.75. The van der Waals surface area contributed by atoms with Crippen molar-refractivity contribution in [3.8, 4) is 0 Å². The third kappa shape index (κ3) is 2.24. The third-order valence-corrected chi connectivity index (χ3v) is 2.98. The molecule has 0 saturated carbocycles. The van der Waals surface area contributed by atoms with Crippen LogP contribution in [0.25, 0.3) is 0 Å². The number of nitrogen functional groups attached to an aromatic ring is 1. The Bertz CT molecular complexity index is 268. The molecule has 1 aromatic carbocycles. The van der Waals surface area contributed by atoms with Crippen molar-refractivity contribution in [3.63, 3.8) is 0 Å². The van der Waals surface area contributed by atoms with Crippen LogP contribution in [0.5, 0.6) is 0 Å². The van der Waals surface area contributed by atoms with Crippen molar-refractivity contribution in [2.24, 2.45) is 5.92 Å². The Balaban J connectivity index is 2.88. The van der Waals surface area contributed by atoms with Crippen molar-refractivity contribution in [2.75, 3.05) is 5.73 Å². The predicted molar refractivity (Wildman–Crippen MR) is 58.7 cm³/mol. The Morgan fingerprint density at radius 3 is 2.38 bits per heavy atom. The molecular formula is C12H19N. The van der Waals surface area contributed by atoms with Crippen molar-refractivity contribution < 1.29 is 0 Å². The molecule has 0 saturated heterocycles. The van der Waals surface area contributed by atoms with E-state index >= 15 is 0 Å². The molecule has 0 fully saturated rings. The minimum Gasteiger partial charge on any atom is -0.398 e. The molecule has 2 N–H and O–H groups in total. The average Bonchev–Trinajstić information content (AvgIpc) is 2.16. The number of nitrogens with two attached hydrogens (primary N) is 1. The largest absolute Gasteiger partial charge is 0.398 e. The van der Waals surface area contributed by atoms with Gasteiger partial charge in [0.15, 0.2) is 0 Å². The first-order chi connectivity index (χ1) is 6.16. The second-order valence-electron chi connectivity index (χ2n) is 3.80. The summed E-state index contributed by atoms with van der Waals surface area (Å²) in [6, 6.07) is 8.16. The van der Waals surface area contributed by atoms with Gasteiger partial charge in [0.2, 0.25) is 0 Å². The number of para-hydroxylation sites is 1. The van der Waals surface area contributed by atoms with Gasteiger partial charge in [0.25, 0.3) is 0 Å². The molecule has 1 rings (SSSR count). The van der Waals surface area contributed by atoms with Gasteiger partial charge in [0, 0.05) is 5.69 Å². The summed E-state index contributed by atoms with van der Waals surface area (Å²) in [6.07, 6.45) is 1.20. The molecule has 0 amide bonds. The van der Waals surface area contributed by atoms with Crippen LogP contribution in [0.2, 0.25) is 0 Å². The third-order valence-electron chi connectivity index (χ3n) is 2.98. The topological polar surface area (TPSA) is 26.0 Å². The van der Waals surface area contributed by atoms with Crippen molar-refractivity contribution >= 4 is 5.69 Å². The van der Waals surface area contributed by atoms with Gasteiger partial charge in [-0.2, -0.15) is 0 Å². The van der Waals surface area contributed by atoms with Gasteiger partial charge in [0.1, 0.15) is 0 Å². The molecule has 0 aliphatic rings. The quantitative estimate of drug-likeness (QED) is 0.703. The Kier molecular flexibility index (Phi) is 3.35. The summed E-state index contributed by atoms with van der Waals surface area (Å²) in [6.45, 7) is 6.75. The molecule has 0 heterocycles. The van der Waals surface area contributed by atoms with Crippen molar-refractivity contribution in [1.29, 1.82) is 0 Å². The van der Waals surface area contributed by atoms with E-state index in [1.54, 1.807) is 0 Å². The summed E-state index contributed by atoms with van der Waals surface area (Å²) in [7, 11) is 0. The Labute approximate surface area is 81.0 Å². The van der Waals surface area contributed by atoms with E-state index in [2.05, 4.69) is 32.9 Å². The van der Waals surface area contributed by atoms with E-state index in [0.717, 1.165) is 5.69 Å². The number of rotatable bonds is 3. The SMILES string of the molecule is CCC(C)C(C)c1ccccc1N. The highest BCUT2D eigenvalue weighted by Crippen LogP contribution is 2.29. The molecule has 0 bridgehead atoms. The fraction of sp³-hybridized carbons (Fsp3) is 0.500. The predicted octanol–water partition coefficient (Wildman–Crippen LogP) is 3.42. The first-order valence-corrected chi connectivity index (χ1v) is 5.01. The molecule has 13 heavy (non-hydrogen) atoms. The highest BCUT2D eigenvalue weighted by atomic mass is 14.6. The van der Waals surface area contributed by atoms with E-state index in [1.165, 1.54) is 12.0 Å². The van der Waals surface area contributed by atoms with Gasteiger partial charge in [-0.15, -0.1) is 0 Å². The molecule has 0 radical (unpaired) electrons. The number of hydrogen-bond acceptors (Lipinski definition) is 1. The van der Waals surface area contributed by atoms with Gasteiger partial charge < -0.3 is 5.73 Å². The van der Waals surface area contributed by atoms with E-state index in [9.17, 15) is 0 Å². The molecule has 2 unspecified atom stereocenters. The van der Waals surface area contributed by atoms with Crippen LogP contribution in [0, 0.1) is 5.92 Å². The second-order valence-corrected chi connectivity index (χ2v) is 3.80. The van der Waals surface area contributed by atoms with Crippen LogP contribution in [0.4, 0.5) is 5.69 Å². The van der Waals surface area contributed by atoms with Crippen LogP contribution in [-0.2, 0) is 0 Å². The number of hydrogen-bond donors (Lipinski definition) is 1. The summed E-state index contributed by atoms with van der Waals surface area (Å²) < 4.78 is 0. The van der Waals surface area contributed by atoms with Crippen molar-refractivity contribution in [2.45, 2.75) is 33.1 Å².